The van der Waals surface area contributed by atoms with Gasteiger partial charge in [0.1, 0.15) is 12.1 Å². The van der Waals surface area contributed by atoms with E-state index in [1.165, 1.54) is 25.1 Å². The zero-order valence-corrected chi connectivity index (χ0v) is 13.5. The predicted molar refractivity (Wildman–Crippen MR) is 93.1 cm³/mol. The van der Waals surface area contributed by atoms with E-state index in [0.29, 0.717) is 5.82 Å². The summed E-state index contributed by atoms with van der Waals surface area (Å²) >= 11 is 0. The van der Waals surface area contributed by atoms with Crippen molar-refractivity contribution < 1.29 is 19.8 Å². The molecule has 2 aromatic carbocycles. The molecule has 3 aromatic rings. The van der Waals surface area contributed by atoms with Crippen LogP contribution in [0.2, 0.25) is 0 Å². The Kier molecular flexibility index (Phi) is 5.52. The second-order valence-corrected chi connectivity index (χ2v) is 5.11. The van der Waals surface area contributed by atoms with Crippen LogP contribution in [0.15, 0.2) is 61.1 Å². The number of imidazole rings is 1. The van der Waals surface area contributed by atoms with Gasteiger partial charge in [0.2, 0.25) is 0 Å². The zero-order valence-electron chi connectivity index (χ0n) is 13.5. The Morgan fingerprint density at radius 3 is 1.96 bits per heavy atom. The number of benzene rings is 2. The topological polar surface area (TPSA) is 118 Å². The van der Waals surface area contributed by atoms with E-state index in [1.807, 2.05) is 34.9 Å². The molecule has 0 radical (unpaired) electrons. The molecule has 3 rings (SSSR count). The summed E-state index contributed by atoms with van der Waals surface area (Å²) in [7, 11) is 0. The van der Waals surface area contributed by atoms with Crippen molar-refractivity contribution in [3.05, 3.63) is 77.7 Å². The SMILES string of the molecule is Cc1c(C(=O)O)cccc1C(=O)O.Nc1cncn1-c1ccccc1. The highest BCUT2D eigenvalue weighted by molar-refractivity contribution is 5.96. The third-order valence-electron chi connectivity index (χ3n) is 3.50. The molecule has 7 nitrogen and oxygen atoms in total. The van der Waals surface area contributed by atoms with Crippen molar-refractivity contribution in [1.29, 1.82) is 0 Å². The molecule has 0 atom stereocenters. The van der Waals surface area contributed by atoms with Gasteiger partial charge in [0.05, 0.1) is 17.3 Å². The highest BCUT2D eigenvalue weighted by Gasteiger charge is 2.13. The number of anilines is 1. The Hall–Kier alpha value is -3.61. The van der Waals surface area contributed by atoms with E-state index >= 15 is 0 Å². The van der Waals surface area contributed by atoms with Gasteiger partial charge in [-0.2, -0.15) is 0 Å². The van der Waals surface area contributed by atoms with Crippen LogP contribution in [-0.4, -0.2) is 31.7 Å². The normalized spacial score (nSPS) is 9.80. The number of nitrogens with two attached hydrogens (primary N) is 1. The first kappa shape index (κ1) is 17.7. The van der Waals surface area contributed by atoms with Crippen LogP contribution in [0.25, 0.3) is 5.69 Å². The molecular formula is C18H17N3O4. The van der Waals surface area contributed by atoms with Gasteiger partial charge in [0, 0.05) is 5.69 Å². The maximum atomic E-state index is 10.6. The molecule has 0 aliphatic rings. The van der Waals surface area contributed by atoms with E-state index in [1.54, 1.807) is 12.5 Å². The number of carboxylic acid groups (broad SMARTS) is 2. The number of carboxylic acids is 2. The van der Waals surface area contributed by atoms with Crippen LogP contribution in [0.3, 0.4) is 0 Å². The summed E-state index contributed by atoms with van der Waals surface area (Å²) in [6, 6.07) is 14.0. The molecule has 0 spiro atoms. The summed E-state index contributed by atoms with van der Waals surface area (Å²) in [4.78, 5) is 25.1. The third kappa shape index (κ3) is 4.23. The lowest BCUT2D eigenvalue weighted by Crippen LogP contribution is -2.06. The number of rotatable bonds is 3. The highest BCUT2D eigenvalue weighted by atomic mass is 16.4. The summed E-state index contributed by atoms with van der Waals surface area (Å²) < 4.78 is 1.83. The van der Waals surface area contributed by atoms with Gasteiger partial charge in [-0.15, -0.1) is 0 Å². The number of aromatic nitrogens is 2. The van der Waals surface area contributed by atoms with Crippen molar-refractivity contribution >= 4 is 17.8 Å². The smallest absolute Gasteiger partial charge is 0.335 e. The lowest BCUT2D eigenvalue weighted by atomic mass is 10.0. The van der Waals surface area contributed by atoms with Crippen molar-refractivity contribution in [2.24, 2.45) is 0 Å². The van der Waals surface area contributed by atoms with E-state index in [0.717, 1.165) is 5.69 Å². The van der Waals surface area contributed by atoms with E-state index in [9.17, 15) is 9.59 Å². The van der Waals surface area contributed by atoms with Crippen LogP contribution in [0.1, 0.15) is 26.3 Å². The minimum absolute atomic E-state index is 0.0277. The monoisotopic (exact) mass is 339 g/mol. The van der Waals surface area contributed by atoms with Gasteiger partial charge in [-0.3, -0.25) is 4.57 Å². The Labute approximate surface area is 144 Å². The second-order valence-electron chi connectivity index (χ2n) is 5.11. The molecular weight excluding hydrogens is 322 g/mol. The molecule has 0 amide bonds. The molecule has 25 heavy (non-hydrogen) atoms. The van der Waals surface area contributed by atoms with Crippen molar-refractivity contribution in [3.8, 4) is 5.69 Å². The lowest BCUT2D eigenvalue weighted by molar-refractivity contribution is 0.0696. The van der Waals surface area contributed by atoms with Crippen LogP contribution in [-0.2, 0) is 0 Å². The lowest BCUT2D eigenvalue weighted by Gasteiger charge is -2.03. The largest absolute Gasteiger partial charge is 0.478 e. The number of nitrogen functional groups attached to an aromatic ring is 1. The molecule has 7 heteroatoms. The van der Waals surface area contributed by atoms with Crippen molar-refractivity contribution in [2.75, 3.05) is 5.73 Å². The van der Waals surface area contributed by atoms with Crippen LogP contribution < -0.4 is 5.73 Å². The fraction of sp³-hybridized carbons (Fsp3) is 0.0556. The molecule has 0 bridgehead atoms. The Balaban J connectivity index is 0.000000181. The average molecular weight is 339 g/mol. The minimum Gasteiger partial charge on any atom is -0.478 e. The molecule has 0 aliphatic heterocycles. The fourth-order valence-electron chi connectivity index (χ4n) is 2.21. The first-order valence-corrected chi connectivity index (χ1v) is 7.31. The summed E-state index contributed by atoms with van der Waals surface area (Å²) in [6.07, 6.45) is 3.33. The number of aromatic carboxylic acids is 2. The van der Waals surface area contributed by atoms with E-state index < -0.39 is 11.9 Å². The summed E-state index contributed by atoms with van der Waals surface area (Å²) in [6.45, 7) is 1.48. The predicted octanol–water partition coefficient (Wildman–Crippen LogP) is 2.85. The average Bonchev–Trinajstić information content (AvgIpc) is 3.02. The number of hydrogen-bond donors (Lipinski definition) is 3. The molecule has 128 valence electrons. The van der Waals surface area contributed by atoms with Gasteiger partial charge in [0.25, 0.3) is 0 Å². The molecule has 1 heterocycles. The standard InChI is InChI=1S/C9H9N3.C9H8O4/c10-9-6-11-7-12(9)8-4-2-1-3-5-8;1-5-6(8(10)11)3-2-4-7(5)9(12)13/h1-7H,10H2;2-4H,1H3,(H,10,11)(H,12,13). The third-order valence-corrected chi connectivity index (χ3v) is 3.50. The number of carbonyl (C=O) groups is 2. The Morgan fingerprint density at radius 1 is 0.960 bits per heavy atom. The first-order chi connectivity index (χ1) is 11.9. The molecule has 1 aromatic heterocycles. The van der Waals surface area contributed by atoms with Gasteiger partial charge in [-0.1, -0.05) is 24.3 Å². The highest BCUT2D eigenvalue weighted by Crippen LogP contribution is 2.13. The van der Waals surface area contributed by atoms with Gasteiger partial charge < -0.3 is 15.9 Å². The van der Waals surface area contributed by atoms with Gasteiger partial charge in [-0.25, -0.2) is 14.6 Å². The van der Waals surface area contributed by atoms with E-state index in [-0.39, 0.29) is 16.7 Å². The molecule has 0 saturated carbocycles. The Morgan fingerprint density at radius 2 is 1.52 bits per heavy atom. The maximum Gasteiger partial charge on any atom is 0.335 e. The van der Waals surface area contributed by atoms with E-state index in [2.05, 4.69) is 4.98 Å². The van der Waals surface area contributed by atoms with Crippen LogP contribution >= 0.6 is 0 Å². The van der Waals surface area contributed by atoms with Crippen molar-refractivity contribution in [1.82, 2.24) is 9.55 Å². The summed E-state index contributed by atoms with van der Waals surface area (Å²) in [5.41, 5.74) is 7.04. The van der Waals surface area contributed by atoms with Gasteiger partial charge in [-0.05, 0) is 36.8 Å². The van der Waals surface area contributed by atoms with Crippen LogP contribution in [0.5, 0.6) is 0 Å². The summed E-state index contributed by atoms with van der Waals surface area (Å²) in [5.74, 6) is -1.57. The molecule has 4 N–H and O–H groups in total. The van der Waals surface area contributed by atoms with Crippen LogP contribution in [0, 0.1) is 6.92 Å². The minimum atomic E-state index is -1.11. The van der Waals surface area contributed by atoms with Gasteiger partial charge in [0.15, 0.2) is 0 Å². The second kappa shape index (κ2) is 7.78. The maximum absolute atomic E-state index is 10.6. The zero-order chi connectivity index (χ0) is 18.4. The van der Waals surface area contributed by atoms with Crippen molar-refractivity contribution in [3.63, 3.8) is 0 Å². The van der Waals surface area contributed by atoms with Crippen molar-refractivity contribution in [2.45, 2.75) is 6.92 Å². The molecule has 0 saturated heterocycles. The fourth-order valence-corrected chi connectivity index (χ4v) is 2.21. The number of para-hydroxylation sites is 1. The first-order valence-electron chi connectivity index (χ1n) is 7.31. The molecule has 0 unspecified atom stereocenters. The molecule has 0 fully saturated rings. The quantitative estimate of drug-likeness (QED) is 0.675. The number of nitrogens with zero attached hydrogens (tertiary/aromatic N) is 2. The van der Waals surface area contributed by atoms with Crippen LogP contribution in [0.4, 0.5) is 5.82 Å². The van der Waals surface area contributed by atoms with E-state index in [4.69, 9.17) is 15.9 Å². The molecule has 0 aliphatic carbocycles. The number of hydrogen-bond acceptors (Lipinski definition) is 4. The Bertz CT molecular complexity index is 856. The van der Waals surface area contributed by atoms with Gasteiger partial charge >= 0.3 is 11.9 Å². The summed E-state index contributed by atoms with van der Waals surface area (Å²) in [5, 5.41) is 17.4.